The molecule has 0 saturated carbocycles. The summed E-state index contributed by atoms with van der Waals surface area (Å²) in [6.45, 7) is 5.24. The van der Waals surface area contributed by atoms with E-state index >= 15 is 0 Å². The summed E-state index contributed by atoms with van der Waals surface area (Å²) in [5.41, 5.74) is 1.21. The lowest BCUT2D eigenvalue weighted by molar-refractivity contribution is 0.217. The number of rotatable bonds is 5. The Labute approximate surface area is 101 Å². The van der Waals surface area contributed by atoms with Gasteiger partial charge in [0.05, 0.1) is 0 Å². The molecule has 1 fully saturated rings. The molecule has 1 aromatic rings. The Morgan fingerprint density at radius 1 is 1.53 bits per heavy atom. The lowest BCUT2D eigenvalue weighted by Crippen LogP contribution is -2.35. The first-order valence-electron chi connectivity index (χ1n) is 5.93. The zero-order valence-electron chi connectivity index (χ0n) is 10.0. The molecule has 1 saturated heterocycles. The van der Waals surface area contributed by atoms with Crippen LogP contribution in [0.1, 0.15) is 18.5 Å². The Kier molecular flexibility index (Phi) is 3.93. The molecule has 2 N–H and O–H groups in total. The minimum atomic E-state index is 0.0448. The fraction of sp³-hybridized carbons (Fsp3) is 0.500. The normalized spacial score (nSPS) is 17.0. The molecular formula is C12H18N4O. The lowest BCUT2D eigenvalue weighted by Gasteiger charge is -2.18. The van der Waals surface area contributed by atoms with Gasteiger partial charge in [0, 0.05) is 44.6 Å². The number of aromatic nitrogens is 1. The van der Waals surface area contributed by atoms with Crippen molar-refractivity contribution in [1.82, 2.24) is 20.5 Å². The fourth-order valence-corrected chi connectivity index (χ4v) is 1.91. The van der Waals surface area contributed by atoms with E-state index in [1.54, 1.807) is 12.4 Å². The zero-order valence-corrected chi connectivity index (χ0v) is 10.0. The van der Waals surface area contributed by atoms with Crippen molar-refractivity contribution in [3.8, 4) is 0 Å². The van der Waals surface area contributed by atoms with Crippen LogP contribution in [0.15, 0.2) is 24.5 Å². The Balaban J connectivity index is 1.73. The van der Waals surface area contributed by atoms with Crippen LogP contribution in [0.2, 0.25) is 0 Å². The van der Waals surface area contributed by atoms with Gasteiger partial charge in [-0.2, -0.15) is 0 Å². The van der Waals surface area contributed by atoms with Crippen LogP contribution in [0.3, 0.4) is 0 Å². The van der Waals surface area contributed by atoms with Crippen LogP contribution in [0, 0.1) is 0 Å². The molecule has 0 radical (unpaired) electrons. The van der Waals surface area contributed by atoms with E-state index in [-0.39, 0.29) is 12.1 Å². The molecule has 2 rings (SSSR count). The predicted molar refractivity (Wildman–Crippen MR) is 65.6 cm³/mol. The highest BCUT2D eigenvalue weighted by Gasteiger charge is 2.18. The number of nitrogens with one attached hydrogen (secondary N) is 2. The van der Waals surface area contributed by atoms with Crippen LogP contribution in [0.4, 0.5) is 4.79 Å². The van der Waals surface area contributed by atoms with E-state index in [0.29, 0.717) is 0 Å². The molecule has 2 heterocycles. The van der Waals surface area contributed by atoms with Gasteiger partial charge in [0.2, 0.25) is 0 Å². The second-order valence-electron chi connectivity index (χ2n) is 4.18. The Morgan fingerprint density at radius 2 is 2.29 bits per heavy atom. The third-order valence-corrected chi connectivity index (χ3v) is 2.98. The maximum Gasteiger partial charge on any atom is 0.317 e. The summed E-state index contributed by atoms with van der Waals surface area (Å²) >= 11 is 0. The van der Waals surface area contributed by atoms with E-state index in [9.17, 15) is 4.79 Å². The van der Waals surface area contributed by atoms with Gasteiger partial charge in [-0.1, -0.05) is 0 Å². The quantitative estimate of drug-likeness (QED) is 0.790. The minimum Gasteiger partial charge on any atom is -0.336 e. The van der Waals surface area contributed by atoms with Crippen molar-refractivity contribution in [2.45, 2.75) is 13.0 Å². The maximum absolute atomic E-state index is 11.3. The van der Waals surface area contributed by atoms with Crippen LogP contribution in [-0.4, -0.2) is 42.1 Å². The Hall–Kier alpha value is -1.62. The summed E-state index contributed by atoms with van der Waals surface area (Å²) in [5, 5.41) is 6.19. The van der Waals surface area contributed by atoms with Crippen molar-refractivity contribution in [2.75, 3.05) is 26.2 Å². The molecule has 1 aliphatic rings. The molecule has 1 atom stereocenters. The second-order valence-corrected chi connectivity index (χ2v) is 4.18. The molecule has 2 amide bonds. The van der Waals surface area contributed by atoms with Crippen LogP contribution < -0.4 is 10.6 Å². The van der Waals surface area contributed by atoms with Gasteiger partial charge in [-0.15, -0.1) is 0 Å². The van der Waals surface area contributed by atoms with Gasteiger partial charge in [-0.25, -0.2) is 4.79 Å². The Morgan fingerprint density at radius 3 is 2.94 bits per heavy atom. The minimum absolute atomic E-state index is 0.0448. The largest absolute Gasteiger partial charge is 0.336 e. The topological polar surface area (TPSA) is 57.3 Å². The molecule has 17 heavy (non-hydrogen) atoms. The highest BCUT2D eigenvalue weighted by molar-refractivity contribution is 5.76. The fourth-order valence-electron chi connectivity index (χ4n) is 1.91. The van der Waals surface area contributed by atoms with Gasteiger partial charge < -0.3 is 15.5 Å². The van der Waals surface area contributed by atoms with Crippen LogP contribution in [-0.2, 0) is 0 Å². The standard InChI is InChI=1S/C12H18N4O/c1-10(11-2-4-13-5-3-11)14-6-8-16-9-7-15-12(16)17/h2-5,10,14H,6-9H2,1H3,(H,15,17)/t10-/m1/s1. The molecular weight excluding hydrogens is 216 g/mol. The van der Waals surface area contributed by atoms with E-state index < -0.39 is 0 Å². The molecule has 92 valence electrons. The first-order chi connectivity index (χ1) is 8.27. The number of amides is 2. The average molecular weight is 234 g/mol. The van der Waals surface area contributed by atoms with Gasteiger partial charge in [-0.3, -0.25) is 4.98 Å². The first kappa shape index (κ1) is 11.9. The van der Waals surface area contributed by atoms with Gasteiger partial charge in [-0.05, 0) is 24.6 Å². The smallest absolute Gasteiger partial charge is 0.317 e. The highest BCUT2D eigenvalue weighted by atomic mass is 16.2. The number of nitrogens with zero attached hydrogens (tertiary/aromatic N) is 2. The van der Waals surface area contributed by atoms with Gasteiger partial charge in [0.1, 0.15) is 0 Å². The molecule has 0 bridgehead atoms. The SMILES string of the molecule is C[C@@H](NCCN1CCNC1=O)c1ccncc1. The van der Waals surface area contributed by atoms with Crippen molar-refractivity contribution in [2.24, 2.45) is 0 Å². The molecule has 5 heteroatoms. The number of urea groups is 1. The number of carbonyl (C=O) groups excluding carboxylic acids is 1. The lowest BCUT2D eigenvalue weighted by atomic mass is 10.1. The molecule has 0 aromatic carbocycles. The second kappa shape index (κ2) is 5.63. The summed E-state index contributed by atoms with van der Waals surface area (Å²) in [4.78, 5) is 17.1. The molecule has 0 spiro atoms. The summed E-state index contributed by atoms with van der Waals surface area (Å²) in [5.74, 6) is 0. The molecule has 1 aromatic heterocycles. The molecule has 0 aliphatic carbocycles. The number of hydrogen-bond acceptors (Lipinski definition) is 3. The van der Waals surface area contributed by atoms with E-state index in [2.05, 4.69) is 22.5 Å². The summed E-state index contributed by atoms with van der Waals surface area (Å²) < 4.78 is 0. The van der Waals surface area contributed by atoms with Crippen molar-refractivity contribution >= 4 is 6.03 Å². The number of carbonyl (C=O) groups is 1. The van der Waals surface area contributed by atoms with E-state index in [1.165, 1.54) is 5.56 Å². The van der Waals surface area contributed by atoms with Gasteiger partial charge in [0.25, 0.3) is 0 Å². The molecule has 0 unspecified atom stereocenters. The average Bonchev–Trinajstić information content (AvgIpc) is 2.76. The zero-order chi connectivity index (χ0) is 12.1. The van der Waals surface area contributed by atoms with Crippen LogP contribution >= 0.6 is 0 Å². The van der Waals surface area contributed by atoms with Crippen molar-refractivity contribution < 1.29 is 4.79 Å². The van der Waals surface area contributed by atoms with Crippen molar-refractivity contribution in [3.05, 3.63) is 30.1 Å². The summed E-state index contributed by atoms with van der Waals surface area (Å²) in [7, 11) is 0. The van der Waals surface area contributed by atoms with E-state index in [1.807, 2.05) is 17.0 Å². The molecule has 1 aliphatic heterocycles. The number of hydrogen-bond donors (Lipinski definition) is 2. The van der Waals surface area contributed by atoms with Crippen molar-refractivity contribution in [3.63, 3.8) is 0 Å². The van der Waals surface area contributed by atoms with Gasteiger partial charge in [0.15, 0.2) is 0 Å². The van der Waals surface area contributed by atoms with E-state index in [4.69, 9.17) is 0 Å². The summed E-state index contributed by atoms with van der Waals surface area (Å²) in [6, 6.07) is 4.33. The number of pyridine rings is 1. The third kappa shape index (κ3) is 3.17. The molecule has 5 nitrogen and oxygen atoms in total. The third-order valence-electron chi connectivity index (χ3n) is 2.98. The summed E-state index contributed by atoms with van der Waals surface area (Å²) in [6.07, 6.45) is 3.59. The Bertz CT molecular complexity index is 368. The predicted octanol–water partition coefficient (Wildman–Crippen LogP) is 0.757. The maximum atomic E-state index is 11.3. The highest BCUT2D eigenvalue weighted by Crippen LogP contribution is 2.09. The van der Waals surface area contributed by atoms with E-state index in [0.717, 1.165) is 26.2 Å². The van der Waals surface area contributed by atoms with Crippen molar-refractivity contribution in [1.29, 1.82) is 0 Å². The van der Waals surface area contributed by atoms with Crippen LogP contribution in [0.25, 0.3) is 0 Å². The monoisotopic (exact) mass is 234 g/mol. The van der Waals surface area contributed by atoms with Crippen LogP contribution in [0.5, 0.6) is 0 Å². The van der Waals surface area contributed by atoms with Gasteiger partial charge >= 0.3 is 6.03 Å². The first-order valence-corrected chi connectivity index (χ1v) is 5.93.